The van der Waals surface area contributed by atoms with Crippen molar-refractivity contribution in [3.8, 4) is 0 Å². The van der Waals surface area contributed by atoms with E-state index in [0.29, 0.717) is 11.4 Å². The number of rotatable bonds is 5. The first kappa shape index (κ1) is 17.9. The Kier molecular flexibility index (Phi) is 5.44. The molecule has 28 heavy (non-hydrogen) atoms. The Morgan fingerprint density at radius 1 is 0.857 bits per heavy atom. The zero-order chi connectivity index (χ0) is 19.2. The van der Waals surface area contributed by atoms with E-state index in [9.17, 15) is 4.79 Å². The Balaban J connectivity index is 1.36. The number of nitrogens with zero attached hydrogens (tertiary/aromatic N) is 3. The summed E-state index contributed by atoms with van der Waals surface area (Å²) < 4.78 is 5.35. The third-order valence-corrected chi connectivity index (χ3v) is 4.44. The molecule has 4 rings (SSSR count). The van der Waals surface area contributed by atoms with Crippen LogP contribution in [0.15, 0.2) is 66.7 Å². The summed E-state index contributed by atoms with van der Waals surface area (Å²) in [4.78, 5) is 14.4. The van der Waals surface area contributed by atoms with Gasteiger partial charge in [0.1, 0.15) is 0 Å². The molecular weight excluding hydrogens is 354 g/mol. The molecule has 0 aliphatic carbocycles. The minimum Gasteiger partial charge on any atom is -0.378 e. The molecule has 1 amide bonds. The minimum absolute atomic E-state index is 0.133. The maximum absolute atomic E-state index is 12.2. The van der Waals surface area contributed by atoms with Crippen LogP contribution in [-0.4, -0.2) is 42.4 Å². The van der Waals surface area contributed by atoms with Crippen molar-refractivity contribution in [2.24, 2.45) is 0 Å². The van der Waals surface area contributed by atoms with Gasteiger partial charge < -0.3 is 20.3 Å². The number of anilines is 4. The number of benzene rings is 2. The molecule has 2 N–H and O–H groups in total. The van der Waals surface area contributed by atoms with E-state index in [0.717, 1.165) is 43.5 Å². The molecule has 1 saturated heterocycles. The van der Waals surface area contributed by atoms with Crippen LogP contribution < -0.4 is 15.5 Å². The second-order valence-electron chi connectivity index (χ2n) is 6.40. The maximum atomic E-state index is 12.2. The average molecular weight is 375 g/mol. The predicted molar refractivity (Wildman–Crippen MR) is 109 cm³/mol. The quantitative estimate of drug-likeness (QED) is 0.712. The van der Waals surface area contributed by atoms with Crippen molar-refractivity contribution in [3.63, 3.8) is 0 Å². The highest BCUT2D eigenvalue weighted by atomic mass is 16.5. The van der Waals surface area contributed by atoms with E-state index in [-0.39, 0.29) is 5.91 Å². The van der Waals surface area contributed by atoms with Crippen LogP contribution in [0.3, 0.4) is 0 Å². The first-order valence-corrected chi connectivity index (χ1v) is 9.18. The van der Waals surface area contributed by atoms with Crippen LogP contribution in [0.5, 0.6) is 0 Å². The first-order chi connectivity index (χ1) is 13.8. The molecule has 1 aromatic heterocycles. The SMILES string of the molecule is O=C(Nc1ccc(Nc2ccc(N3CCOCC3)nn2)cc1)c1ccccc1. The van der Waals surface area contributed by atoms with Crippen LogP contribution >= 0.6 is 0 Å². The second kappa shape index (κ2) is 8.49. The van der Waals surface area contributed by atoms with E-state index in [4.69, 9.17) is 4.74 Å². The fourth-order valence-corrected chi connectivity index (χ4v) is 2.93. The van der Waals surface area contributed by atoms with E-state index >= 15 is 0 Å². The number of amides is 1. The Labute approximate surface area is 163 Å². The predicted octanol–water partition coefficient (Wildman–Crippen LogP) is 3.31. The molecule has 1 aliphatic rings. The van der Waals surface area contributed by atoms with Gasteiger partial charge in [-0.3, -0.25) is 4.79 Å². The molecular formula is C21H21N5O2. The van der Waals surface area contributed by atoms with E-state index in [1.165, 1.54) is 0 Å². The Bertz CT molecular complexity index is 908. The molecule has 7 heteroatoms. The third-order valence-electron chi connectivity index (χ3n) is 4.44. The number of carbonyl (C=O) groups is 1. The van der Waals surface area contributed by atoms with Gasteiger partial charge in [0.25, 0.3) is 5.91 Å². The smallest absolute Gasteiger partial charge is 0.255 e. The molecule has 0 radical (unpaired) electrons. The number of hydrogen-bond acceptors (Lipinski definition) is 6. The lowest BCUT2D eigenvalue weighted by atomic mass is 10.2. The Morgan fingerprint density at radius 3 is 2.25 bits per heavy atom. The van der Waals surface area contributed by atoms with Gasteiger partial charge in [-0.1, -0.05) is 18.2 Å². The van der Waals surface area contributed by atoms with Gasteiger partial charge in [0.2, 0.25) is 0 Å². The van der Waals surface area contributed by atoms with Gasteiger partial charge in [-0.15, -0.1) is 10.2 Å². The number of morpholine rings is 1. The normalized spacial score (nSPS) is 13.8. The Morgan fingerprint density at radius 2 is 1.57 bits per heavy atom. The maximum Gasteiger partial charge on any atom is 0.255 e. The molecule has 2 heterocycles. The lowest BCUT2D eigenvalue weighted by molar-refractivity contribution is 0.102. The van der Waals surface area contributed by atoms with Crippen molar-refractivity contribution in [2.75, 3.05) is 41.8 Å². The zero-order valence-electron chi connectivity index (χ0n) is 15.3. The van der Waals surface area contributed by atoms with Crippen LogP contribution in [0.1, 0.15) is 10.4 Å². The van der Waals surface area contributed by atoms with Gasteiger partial charge in [-0.05, 0) is 48.5 Å². The van der Waals surface area contributed by atoms with Crippen molar-refractivity contribution in [2.45, 2.75) is 0 Å². The molecule has 0 unspecified atom stereocenters. The highest BCUT2D eigenvalue weighted by Crippen LogP contribution is 2.19. The molecule has 1 aliphatic heterocycles. The molecule has 2 aromatic carbocycles. The summed E-state index contributed by atoms with van der Waals surface area (Å²) in [5, 5.41) is 14.6. The summed E-state index contributed by atoms with van der Waals surface area (Å²) in [6.45, 7) is 3.10. The minimum atomic E-state index is -0.133. The van der Waals surface area contributed by atoms with Crippen molar-refractivity contribution >= 4 is 28.9 Å². The van der Waals surface area contributed by atoms with Crippen molar-refractivity contribution in [3.05, 3.63) is 72.3 Å². The third kappa shape index (κ3) is 4.44. The highest BCUT2D eigenvalue weighted by molar-refractivity contribution is 6.04. The fraction of sp³-hybridized carbons (Fsp3) is 0.190. The standard InChI is InChI=1S/C21H21N5O2/c27-21(16-4-2-1-3-5-16)23-18-8-6-17(7-9-18)22-19-10-11-20(25-24-19)26-12-14-28-15-13-26/h1-11H,12-15H2,(H,22,24)(H,23,27). The lowest BCUT2D eigenvalue weighted by Crippen LogP contribution is -2.36. The summed E-state index contributed by atoms with van der Waals surface area (Å²) in [5.74, 6) is 1.39. The molecule has 3 aromatic rings. The van der Waals surface area contributed by atoms with Gasteiger partial charge in [0.15, 0.2) is 11.6 Å². The fourth-order valence-electron chi connectivity index (χ4n) is 2.93. The molecule has 7 nitrogen and oxygen atoms in total. The van der Waals surface area contributed by atoms with Crippen molar-refractivity contribution in [1.29, 1.82) is 0 Å². The van der Waals surface area contributed by atoms with Crippen LogP contribution in [0.4, 0.5) is 23.0 Å². The van der Waals surface area contributed by atoms with Crippen LogP contribution in [0, 0.1) is 0 Å². The molecule has 0 saturated carbocycles. The molecule has 142 valence electrons. The Hall–Kier alpha value is -3.45. The second-order valence-corrected chi connectivity index (χ2v) is 6.40. The zero-order valence-corrected chi connectivity index (χ0v) is 15.3. The number of aromatic nitrogens is 2. The molecule has 0 atom stereocenters. The van der Waals surface area contributed by atoms with Crippen LogP contribution in [0.2, 0.25) is 0 Å². The van der Waals surface area contributed by atoms with E-state index in [2.05, 4.69) is 25.7 Å². The number of ether oxygens (including phenoxy) is 1. The van der Waals surface area contributed by atoms with Gasteiger partial charge in [-0.25, -0.2) is 0 Å². The van der Waals surface area contributed by atoms with Crippen LogP contribution in [-0.2, 0) is 4.74 Å². The summed E-state index contributed by atoms with van der Waals surface area (Å²) in [6.07, 6.45) is 0. The highest BCUT2D eigenvalue weighted by Gasteiger charge is 2.12. The molecule has 0 spiro atoms. The number of nitrogens with one attached hydrogen (secondary N) is 2. The van der Waals surface area contributed by atoms with Gasteiger partial charge in [0.05, 0.1) is 13.2 Å². The van der Waals surface area contributed by atoms with Gasteiger partial charge in [0, 0.05) is 30.0 Å². The summed E-state index contributed by atoms with van der Waals surface area (Å²) in [7, 11) is 0. The van der Waals surface area contributed by atoms with Gasteiger partial charge >= 0.3 is 0 Å². The van der Waals surface area contributed by atoms with E-state index in [1.807, 2.05) is 54.6 Å². The topological polar surface area (TPSA) is 79.4 Å². The summed E-state index contributed by atoms with van der Waals surface area (Å²) >= 11 is 0. The largest absolute Gasteiger partial charge is 0.378 e. The van der Waals surface area contributed by atoms with E-state index in [1.54, 1.807) is 12.1 Å². The summed E-state index contributed by atoms with van der Waals surface area (Å²) in [5.41, 5.74) is 2.22. The summed E-state index contributed by atoms with van der Waals surface area (Å²) in [6, 6.07) is 20.5. The average Bonchev–Trinajstić information content (AvgIpc) is 2.77. The molecule has 1 fully saturated rings. The van der Waals surface area contributed by atoms with Crippen LogP contribution in [0.25, 0.3) is 0 Å². The van der Waals surface area contributed by atoms with Crippen molar-refractivity contribution in [1.82, 2.24) is 10.2 Å². The first-order valence-electron chi connectivity index (χ1n) is 9.18. The van der Waals surface area contributed by atoms with E-state index < -0.39 is 0 Å². The molecule has 0 bridgehead atoms. The lowest BCUT2D eigenvalue weighted by Gasteiger charge is -2.27. The monoisotopic (exact) mass is 375 g/mol. The van der Waals surface area contributed by atoms with Crippen molar-refractivity contribution < 1.29 is 9.53 Å². The number of hydrogen-bond donors (Lipinski definition) is 2. The van der Waals surface area contributed by atoms with Gasteiger partial charge in [-0.2, -0.15) is 0 Å². The number of carbonyl (C=O) groups excluding carboxylic acids is 1.